The van der Waals surface area contributed by atoms with Gasteiger partial charge in [0.15, 0.2) is 0 Å². The molecule has 2 amide bonds. The van der Waals surface area contributed by atoms with Crippen molar-refractivity contribution in [2.75, 3.05) is 28.6 Å². The first-order chi connectivity index (χ1) is 17.0. The van der Waals surface area contributed by atoms with E-state index in [1.807, 2.05) is 43.6 Å². The number of aryl methyl sites for hydroxylation is 1. The number of ether oxygens (including phenoxy) is 1. The maximum absolute atomic E-state index is 14.4. The van der Waals surface area contributed by atoms with Crippen LogP contribution in [0.1, 0.15) is 12.8 Å². The van der Waals surface area contributed by atoms with Crippen LogP contribution in [0.2, 0.25) is 0 Å². The van der Waals surface area contributed by atoms with Crippen LogP contribution in [-0.4, -0.2) is 33.9 Å². The van der Waals surface area contributed by atoms with Crippen LogP contribution in [0, 0.1) is 5.82 Å². The minimum Gasteiger partial charge on any atom is -0.439 e. The Hall–Kier alpha value is -4.40. The molecule has 1 fully saturated rings. The average Bonchev–Trinajstić information content (AvgIpc) is 3.54. The van der Waals surface area contributed by atoms with Crippen molar-refractivity contribution >= 4 is 23.1 Å². The van der Waals surface area contributed by atoms with E-state index in [1.54, 1.807) is 23.0 Å². The number of hydrogen-bond acceptors (Lipinski definition) is 5. The summed E-state index contributed by atoms with van der Waals surface area (Å²) in [4.78, 5) is 19.3. The molecular formula is C26H25FN6O2. The largest absolute Gasteiger partial charge is 0.439 e. The number of pyridine rings is 1. The lowest BCUT2D eigenvalue weighted by Gasteiger charge is -2.18. The van der Waals surface area contributed by atoms with E-state index < -0.39 is 11.8 Å². The van der Waals surface area contributed by atoms with E-state index in [9.17, 15) is 9.18 Å². The minimum absolute atomic E-state index is 0.000823. The summed E-state index contributed by atoms with van der Waals surface area (Å²) in [6.45, 7) is 2.02. The van der Waals surface area contributed by atoms with Crippen molar-refractivity contribution in [1.82, 2.24) is 14.8 Å². The van der Waals surface area contributed by atoms with Crippen LogP contribution < -0.4 is 20.3 Å². The zero-order valence-corrected chi connectivity index (χ0v) is 19.2. The molecule has 2 aromatic carbocycles. The van der Waals surface area contributed by atoms with Crippen LogP contribution in [0.3, 0.4) is 0 Å². The Balaban J connectivity index is 1.27. The number of nitrogens with one attached hydrogen (secondary N) is 2. The fraction of sp³-hybridized carbons (Fsp3) is 0.192. The van der Waals surface area contributed by atoms with Crippen LogP contribution >= 0.6 is 0 Å². The second-order valence-electron chi connectivity index (χ2n) is 8.33. The Morgan fingerprint density at radius 3 is 2.66 bits per heavy atom. The summed E-state index contributed by atoms with van der Waals surface area (Å²) in [7, 11) is 1.83. The fourth-order valence-corrected chi connectivity index (χ4v) is 4.01. The number of rotatable bonds is 6. The quantitative estimate of drug-likeness (QED) is 0.378. The molecule has 4 aromatic rings. The van der Waals surface area contributed by atoms with Gasteiger partial charge in [0, 0.05) is 55.4 Å². The standard InChI is InChI=1S/C26H25FN6O2/c1-32-17-18(16-28-32)23-8-5-9-25(30-23)35-21-10-11-22(27)24(15-21)31-26(34)29-19-6-4-7-20(14-19)33-12-2-3-13-33/h4-11,14-17H,2-3,12-13H2,1H3,(H2,29,31,34). The SMILES string of the molecule is Cn1cc(-c2cccc(Oc3ccc(F)c(NC(=O)Nc4cccc(N5CCCC5)c4)c3)n2)cn1. The van der Waals surface area contributed by atoms with Gasteiger partial charge in [-0.05, 0) is 49.2 Å². The number of benzene rings is 2. The molecule has 1 saturated heterocycles. The molecule has 2 aromatic heterocycles. The highest BCUT2D eigenvalue weighted by molar-refractivity contribution is 6.00. The average molecular weight is 473 g/mol. The maximum Gasteiger partial charge on any atom is 0.323 e. The molecule has 2 N–H and O–H groups in total. The van der Waals surface area contributed by atoms with Crippen LogP contribution in [-0.2, 0) is 7.05 Å². The number of urea groups is 1. The van der Waals surface area contributed by atoms with Gasteiger partial charge in [0.1, 0.15) is 11.6 Å². The fourth-order valence-electron chi connectivity index (χ4n) is 4.01. The summed E-state index contributed by atoms with van der Waals surface area (Å²) in [6.07, 6.45) is 5.90. The first kappa shape index (κ1) is 22.4. The summed E-state index contributed by atoms with van der Waals surface area (Å²) < 4.78 is 22.0. The Labute approximate surface area is 202 Å². The van der Waals surface area contributed by atoms with Gasteiger partial charge in [-0.1, -0.05) is 12.1 Å². The molecule has 178 valence electrons. The molecule has 0 bridgehead atoms. The summed E-state index contributed by atoms with van der Waals surface area (Å²) >= 11 is 0. The van der Waals surface area contributed by atoms with Crippen molar-refractivity contribution in [3.05, 3.63) is 78.9 Å². The molecule has 0 spiro atoms. The van der Waals surface area contributed by atoms with Gasteiger partial charge in [0.2, 0.25) is 5.88 Å². The Morgan fingerprint density at radius 2 is 1.86 bits per heavy atom. The molecule has 0 radical (unpaired) electrons. The van der Waals surface area contributed by atoms with E-state index in [4.69, 9.17) is 4.74 Å². The molecule has 3 heterocycles. The number of carbonyl (C=O) groups excluding carboxylic acids is 1. The zero-order valence-electron chi connectivity index (χ0n) is 19.2. The van der Waals surface area contributed by atoms with Gasteiger partial charge >= 0.3 is 6.03 Å². The van der Waals surface area contributed by atoms with Gasteiger partial charge in [0.05, 0.1) is 17.6 Å². The molecule has 1 aliphatic heterocycles. The number of carbonyl (C=O) groups is 1. The van der Waals surface area contributed by atoms with E-state index in [0.29, 0.717) is 23.0 Å². The minimum atomic E-state index is -0.574. The highest BCUT2D eigenvalue weighted by atomic mass is 19.1. The summed E-state index contributed by atoms with van der Waals surface area (Å²) in [5.74, 6) is 0.107. The van der Waals surface area contributed by atoms with Crippen LogP contribution in [0.15, 0.2) is 73.1 Å². The molecule has 0 atom stereocenters. The van der Waals surface area contributed by atoms with Gasteiger partial charge < -0.3 is 20.3 Å². The van der Waals surface area contributed by atoms with E-state index >= 15 is 0 Å². The van der Waals surface area contributed by atoms with Crippen molar-refractivity contribution in [2.24, 2.45) is 7.05 Å². The molecule has 8 nitrogen and oxygen atoms in total. The second kappa shape index (κ2) is 9.84. The Bertz CT molecular complexity index is 1350. The van der Waals surface area contributed by atoms with Crippen molar-refractivity contribution in [1.29, 1.82) is 0 Å². The third kappa shape index (κ3) is 5.40. The van der Waals surface area contributed by atoms with Crippen molar-refractivity contribution < 1.29 is 13.9 Å². The van der Waals surface area contributed by atoms with E-state index in [0.717, 1.165) is 24.3 Å². The van der Waals surface area contributed by atoms with Gasteiger partial charge in [-0.2, -0.15) is 5.10 Å². The van der Waals surface area contributed by atoms with Crippen LogP contribution in [0.4, 0.5) is 26.2 Å². The molecule has 0 unspecified atom stereocenters. The second-order valence-corrected chi connectivity index (χ2v) is 8.33. The molecule has 1 aliphatic rings. The van der Waals surface area contributed by atoms with Gasteiger partial charge in [-0.15, -0.1) is 0 Å². The zero-order chi connectivity index (χ0) is 24.2. The first-order valence-electron chi connectivity index (χ1n) is 11.4. The number of anilines is 3. The summed E-state index contributed by atoms with van der Waals surface area (Å²) in [6, 6.07) is 16.6. The number of hydrogen-bond donors (Lipinski definition) is 2. The van der Waals surface area contributed by atoms with Gasteiger partial charge in [0.25, 0.3) is 0 Å². The molecule has 9 heteroatoms. The number of aromatic nitrogens is 3. The number of halogens is 1. The molecule has 5 rings (SSSR count). The van der Waals surface area contributed by atoms with E-state index in [1.165, 1.54) is 31.0 Å². The third-order valence-electron chi connectivity index (χ3n) is 5.71. The smallest absolute Gasteiger partial charge is 0.323 e. The highest BCUT2D eigenvalue weighted by Gasteiger charge is 2.14. The van der Waals surface area contributed by atoms with E-state index in [-0.39, 0.29) is 5.69 Å². The van der Waals surface area contributed by atoms with Gasteiger partial charge in [-0.3, -0.25) is 4.68 Å². The molecule has 35 heavy (non-hydrogen) atoms. The van der Waals surface area contributed by atoms with E-state index in [2.05, 4.69) is 25.6 Å². The first-order valence-corrected chi connectivity index (χ1v) is 11.4. The number of nitrogens with zero attached hydrogens (tertiary/aromatic N) is 4. The molecule has 0 saturated carbocycles. The Kier molecular flexibility index (Phi) is 6.30. The van der Waals surface area contributed by atoms with Crippen molar-refractivity contribution in [2.45, 2.75) is 12.8 Å². The lowest BCUT2D eigenvalue weighted by atomic mass is 10.2. The topological polar surface area (TPSA) is 84.3 Å². The third-order valence-corrected chi connectivity index (χ3v) is 5.71. The molecule has 0 aliphatic carbocycles. The monoisotopic (exact) mass is 472 g/mol. The Morgan fingerprint density at radius 1 is 1.03 bits per heavy atom. The predicted octanol–water partition coefficient (Wildman–Crippen LogP) is 5.66. The lowest BCUT2D eigenvalue weighted by molar-refractivity contribution is 0.262. The normalized spacial score (nSPS) is 13.0. The summed E-state index contributed by atoms with van der Waals surface area (Å²) in [5.41, 5.74) is 3.25. The lowest BCUT2D eigenvalue weighted by Crippen LogP contribution is -2.21. The van der Waals surface area contributed by atoms with Gasteiger partial charge in [-0.25, -0.2) is 14.2 Å². The molecular weight excluding hydrogens is 447 g/mol. The number of amides is 2. The van der Waals surface area contributed by atoms with Crippen molar-refractivity contribution in [3.8, 4) is 22.9 Å². The predicted molar refractivity (Wildman–Crippen MR) is 133 cm³/mol. The maximum atomic E-state index is 14.4. The highest BCUT2D eigenvalue weighted by Crippen LogP contribution is 2.28. The van der Waals surface area contributed by atoms with Crippen LogP contribution in [0.5, 0.6) is 11.6 Å². The van der Waals surface area contributed by atoms with Crippen molar-refractivity contribution in [3.63, 3.8) is 0 Å². The van der Waals surface area contributed by atoms with Crippen LogP contribution in [0.25, 0.3) is 11.3 Å². The summed E-state index contributed by atoms with van der Waals surface area (Å²) in [5, 5.41) is 9.49.